The van der Waals surface area contributed by atoms with Gasteiger partial charge in [0.15, 0.2) is 5.65 Å². The molecule has 28 heavy (non-hydrogen) atoms. The quantitative estimate of drug-likeness (QED) is 0.552. The number of carbonyl (C=O) groups excluding carboxylic acids is 1. The third kappa shape index (κ3) is 3.88. The first-order chi connectivity index (χ1) is 13.6. The van der Waals surface area contributed by atoms with E-state index in [0.29, 0.717) is 34.3 Å². The highest BCUT2D eigenvalue weighted by Gasteiger charge is 2.18. The van der Waals surface area contributed by atoms with Gasteiger partial charge in [-0.15, -0.1) is 0 Å². The van der Waals surface area contributed by atoms with Crippen LogP contribution >= 0.6 is 0 Å². The zero-order valence-corrected chi connectivity index (χ0v) is 14.7. The van der Waals surface area contributed by atoms with Gasteiger partial charge in [-0.05, 0) is 47.9 Å². The van der Waals surface area contributed by atoms with Crippen molar-refractivity contribution >= 4 is 17.1 Å². The average Bonchev–Trinajstić information content (AvgIpc) is 3.15. The van der Waals surface area contributed by atoms with Gasteiger partial charge in [-0.3, -0.25) is 4.79 Å². The van der Waals surface area contributed by atoms with Gasteiger partial charge in [0.25, 0.3) is 5.91 Å². The number of pyridine rings is 1. The number of aromatic nitrogens is 3. The molecule has 0 saturated heterocycles. The highest BCUT2D eigenvalue weighted by atomic mass is 19.1. The van der Waals surface area contributed by atoms with E-state index in [1.807, 2.05) is 0 Å². The van der Waals surface area contributed by atoms with Crippen LogP contribution in [0.25, 0.3) is 11.2 Å². The molecule has 0 fully saturated rings. The Morgan fingerprint density at radius 3 is 2.61 bits per heavy atom. The predicted molar refractivity (Wildman–Crippen MR) is 101 cm³/mol. The Kier molecular flexibility index (Phi) is 4.80. The number of aromatic amines is 1. The molecule has 0 unspecified atom stereocenters. The number of carbonyl (C=O) groups is 1. The van der Waals surface area contributed by atoms with Crippen LogP contribution in [0, 0.1) is 11.6 Å². The fourth-order valence-corrected chi connectivity index (χ4v) is 3.07. The van der Waals surface area contributed by atoms with Crippen molar-refractivity contribution in [1.29, 1.82) is 0 Å². The molecule has 0 saturated carbocycles. The summed E-state index contributed by atoms with van der Waals surface area (Å²) in [4.78, 5) is 23.9. The van der Waals surface area contributed by atoms with Crippen LogP contribution in [0.4, 0.5) is 8.78 Å². The van der Waals surface area contributed by atoms with Crippen LogP contribution in [-0.4, -0.2) is 20.9 Å². The predicted octanol–water partition coefficient (Wildman–Crippen LogP) is 3.95. The van der Waals surface area contributed by atoms with Crippen LogP contribution in [0.5, 0.6) is 0 Å². The van der Waals surface area contributed by atoms with Crippen molar-refractivity contribution in [2.24, 2.45) is 0 Å². The second-order valence-electron chi connectivity index (χ2n) is 6.41. The Labute approximate surface area is 159 Å². The standard InChI is InChI=1S/C21H16F2N4O/c22-16-5-1-3-13(7-16)8-18(14-4-2-6-17(23)9-14)27-21(28)15-10-19-20(24-11-15)26-12-25-19/h1-7,9-12,18H,8H2,(H,27,28)(H,24,25,26)/t18-/m1/s1. The van der Waals surface area contributed by atoms with Crippen LogP contribution in [0.15, 0.2) is 67.1 Å². The van der Waals surface area contributed by atoms with Crippen LogP contribution in [0.3, 0.4) is 0 Å². The SMILES string of the molecule is O=C(N[C@H](Cc1cccc(F)c1)c1cccc(F)c1)c1cnc2nc[nH]c2c1. The molecule has 1 atom stereocenters. The van der Waals surface area contributed by atoms with Gasteiger partial charge in [0.05, 0.1) is 23.4 Å². The lowest BCUT2D eigenvalue weighted by atomic mass is 9.98. The summed E-state index contributed by atoms with van der Waals surface area (Å²) < 4.78 is 27.3. The van der Waals surface area contributed by atoms with Crippen molar-refractivity contribution in [2.75, 3.05) is 0 Å². The van der Waals surface area contributed by atoms with Gasteiger partial charge in [-0.25, -0.2) is 18.7 Å². The van der Waals surface area contributed by atoms with Gasteiger partial charge in [0.1, 0.15) is 11.6 Å². The van der Waals surface area contributed by atoms with Gasteiger partial charge in [0.2, 0.25) is 0 Å². The molecule has 7 heteroatoms. The molecule has 4 aromatic rings. The Morgan fingerprint density at radius 2 is 1.82 bits per heavy atom. The molecule has 2 N–H and O–H groups in total. The topological polar surface area (TPSA) is 70.7 Å². The van der Waals surface area contributed by atoms with Crippen molar-refractivity contribution in [3.8, 4) is 0 Å². The summed E-state index contributed by atoms with van der Waals surface area (Å²) in [6.45, 7) is 0. The molecule has 2 aromatic carbocycles. The number of H-pyrrole nitrogens is 1. The van der Waals surface area contributed by atoms with Crippen molar-refractivity contribution in [1.82, 2.24) is 20.3 Å². The maximum atomic E-state index is 13.7. The van der Waals surface area contributed by atoms with Crippen molar-refractivity contribution in [2.45, 2.75) is 12.5 Å². The number of halogens is 2. The van der Waals surface area contributed by atoms with E-state index >= 15 is 0 Å². The minimum absolute atomic E-state index is 0.312. The molecule has 5 nitrogen and oxygen atoms in total. The number of hydrogen-bond donors (Lipinski definition) is 2. The fraction of sp³-hybridized carbons (Fsp3) is 0.0952. The lowest BCUT2D eigenvalue weighted by Crippen LogP contribution is -2.30. The molecule has 140 valence electrons. The Morgan fingerprint density at radius 1 is 1.04 bits per heavy atom. The number of amides is 1. The largest absolute Gasteiger partial charge is 0.345 e. The van der Waals surface area contributed by atoms with Crippen molar-refractivity contribution in [3.05, 3.63) is 95.4 Å². The van der Waals surface area contributed by atoms with Gasteiger partial charge in [0, 0.05) is 6.20 Å². The van der Waals surface area contributed by atoms with E-state index < -0.39 is 11.9 Å². The summed E-state index contributed by atoms with van der Waals surface area (Å²) in [5.41, 5.74) is 2.78. The summed E-state index contributed by atoms with van der Waals surface area (Å²) in [7, 11) is 0. The number of imidazole rings is 1. The summed E-state index contributed by atoms with van der Waals surface area (Å²) >= 11 is 0. The Bertz CT molecular complexity index is 1140. The number of nitrogens with one attached hydrogen (secondary N) is 2. The smallest absolute Gasteiger partial charge is 0.253 e. The van der Waals surface area contributed by atoms with E-state index in [1.54, 1.807) is 30.3 Å². The average molecular weight is 378 g/mol. The van der Waals surface area contributed by atoms with E-state index in [9.17, 15) is 13.6 Å². The number of hydrogen-bond acceptors (Lipinski definition) is 3. The third-order valence-electron chi connectivity index (χ3n) is 4.42. The van der Waals surface area contributed by atoms with Crippen molar-refractivity contribution in [3.63, 3.8) is 0 Å². The zero-order chi connectivity index (χ0) is 19.5. The monoisotopic (exact) mass is 378 g/mol. The molecule has 2 aromatic heterocycles. The first-order valence-corrected chi connectivity index (χ1v) is 8.68. The molecule has 2 heterocycles. The van der Waals surface area contributed by atoms with Crippen LogP contribution < -0.4 is 5.32 Å². The molecule has 0 aliphatic carbocycles. The van der Waals surface area contributed by atoms with Crippen LogP contribution in [0.2, 0.25) is 0 Å². The highest BCUT2D eigenvalue weighted by Crippen LogP contribution is 2.21. The normalized spacial score (nSPS) is 12.1. The molecule has 0 spiro atoms. The van der Waals surface area contributed by atoms with E-state index in [2.05, 4.69) is 20.3 Å². The van der Waals surface area contributed by atoms with Gasteiger partial charge < -0.3 is 10.3 Å². The second kappa shape index (κ2) is 7.56. The maximum Gasteiger partial charge on any atom is 0.253 e. The molecular formula is C21H16F2N4O. The summed E-state index contributed by atoms with van der Waals surface area (Å²) in [5.74, 6) is -1.14. The van der Waals surface area contributed by atoms with Crippen LogP contribution in [-0.2, 0) is 6.42 Å². The Hall–Kier alpha value is -3.61. The Balaban J connectivity index is 1.63. The maximum absolute atomic E-state index is 13.7. The summed E-state index contributed by atoms with van der Waals surface area (Å²) in [5, 5.41) is 2.90. The number of nitrogens with zero attached hydrogens (tertiary/aromatic N) is 2. The third-order valence-corrected chi connectivity index (χ3v) is 4.42. The van der Waals surface area contributed by atoms with Gasteiger partial charge in [-0.2, -0.15) is 0 Å². The first-order valence-electron chi connectivity index (χ1n) is 8.68. The molecule has 1 amide bonds. The van der Waals surface area contributed by atoms with E-state index in [1.165, 1.54) is 36.8 Å². The number of benzene rings is 2. The molecular weight excluding hydrogens is 362 g/mol. The minimum atomic E-state index is -0.539. The number of fused-ring (bicyclic) bond motifs is 1. The molecule has 0 aliphatic heterocycles. The molecule has 0 radical (unpaired) electrons. The van der Waals surface area contributed by atoms with Gasteiger partial charge >= 0.3 is 0 Å². The molecule has 0 bridgehead atoms. The van der Waals surface area contributed by atoms with Crippen LogP contribution in [0.1, 0.15) is 27.5 Å². The first kappa shape index (κ1) is 17.8. The lowest BCUT2D eigenvalue weighted by molar-refractivity contribution is 0.0936. The lowest BCUT2D eigenvalue weighted by Gasteiger charge is -2.20. The number of rotatable bonds is 5. The second-order valence-corrected chi connectivity index (χ2v) is 6.41. The van der Waals surface area contributed by atoms with E-state index in [4.69, 9.17) is 0 Å². The zero-order valence-electron chi connectivity index (χ0n) is 14.7. The summed E-state index contributed by atoms with van der Waals surface area (Å²) in [6, 6.07) is 13.2. The van der Waals surface area contributed by atoms with E-state index in [-0.39, 0.29) is 11.7 Å². The summed E-state index contributed by atoms with van der Waals surface area (Å²) in [6.07, 6.45) is 3.24. The van der Waals surface area contributed by atoms with Crippen molar-refractivity contribution < 1.29 is 13.6 Å². The van der Waals surface area contributed by atoms with E-state index in [0.717, 1.165) is 0 Å². The fourth-order valence-electron chi connectivity index (χ4n) is 3.07. The minimum Gasteiger partial charge on any atom is -0.345 e. The molecule has 4 rings (SSSR count). The molecule has 0 aliphatic rings. The van der Waals surface area contributed by atoms with Gasteiger partial charge in [-0.1, -0.05) is 24.3 Å². The highest BCUT2D eigenvalue weighted by molar-refractivity contribution is 5.96.